The van der Waals surface area contributed by atoms with Gasteiger partial charge in [-0.1, -0.05) is 6.07 Å². The highest BCUT2D eigenvalue weighted by Gasteiger charge is 2.18. The Morgan fingerprint density at radius 3 is 2.65 bits per heavy atom. The summed E-state index contributed by atoms with van der Waals surface area (Å²) in [5.41, 5.74) is 2.92. The summed E-state index contributed by atoms with van der Waals surface area (Å²) in [5, 5.41) is 3.73. The number of amides is 1. The SMILES string of the molecule is COc1ccc(S(=O)(=O)NCC(=O)N/N=C\c2cccnc2)cc1OC. The molecule has 10 heteroatoms. The quantitative estimate of drug-likeness (QED) is 0.511. The van der Waals surface area contributed by atoms with Crippen molar-refractivity contribution >= 4 is 22.1 Å². The Kier molecular flexibility index (Phi) is 6.64. The van der Waals surface area contributed by atoms with Crippen LogP contribution in [0.25, 0.3) is 0 Å². The topological polar surface area (TPSA) is 119 Å². The standard InChI is InChI=1S/C16H18N4O5S/c1-24-14-6-5-13(8-15(14)25-2)26(22,23)19-11-16(21)20-18-10-12-4-3-7-17-9-12/h3-10,19H,11H2,1-2H3,(H,20,21)/b18-10-. The Labute approximate surface area is 151 Å². The molecule has 0 aliphatic carbocycles. The fourth-order valence-corrected chi connectivity index (χ4v) is 2.90. The van der Waals surface area contributed by atoms with Crippen LogP contribution in [-0.4, -0.2) is 46.3 Å². The third-order valence-electron chi connectivity index (χ3n) is 3.18. The third kappa shape index (κ3) is 5.26. The maximum Gasteiger partial charge on any atom is 0.255 e. The van der Waals surface area contributed by atoms with Gasteiger partial charge in [-0.3, -0.25) is 9.78 Å². The lowest BCUT2D eigenvalue weighted by Gasteiger charge is -2.10. The summed E-state index contributed by atoms with van der Waals surface area (Å²) in [7, 11) is -1.06. The predicted molar refractivity (Wildman–Crippen MR) is 94.7 cm³/mol. The molecule has 0 saturated carbocycles. The monoisotopic (exact) mass is 378 g/mol. The summed E-state index contributed by atoms with van der Waals surface area (Å²) in [5.74, 6) is 0.0454. The highest BCUT2D eigenvalue weighted by molar-refractivity contribution is 7.89. The van der Waals surface area contributed by atoms with Gasteiger partial charge in [0.05, 0.1) is 31.9 Å². The van der Waals surface area contributed by atoms with Crippen molar-refractivity contribution in [1.29, 1.82) is 0 Å². The molecule has 0 aliphatic heterocycles. The molecule has 1 aromatic heterocycles. The number of carbonyl (C=O) groups is 1. The van der Waals surface area contributed by atoms with Crippen LogP contribution in [0.1, 0.15) is 5.56 Å². The van der Waals surface area contributed by atoms with Gasteiger partial charge in [0.25, 0.3) is 5.91 Å². The van der Waals surface area contributed by atoms with E-state index in [0.717, 1.165) is 0 Å². The molecular weight excluding hydrogens is 360 g/mol. The summed E-state index contributed by atoms with van der Waals surface area (Å²) in [6.07, 6.45) is 4.57. The molecule has 138 valence electrons. The van der Waals surface area contributed by atoms with Gasteiger partial charge in [-0.15, -0.1) is 0 Å². The molecule has 1 amide bonds. The minimum atomic E-state index is -3.90. The lowest BCUT2D eigenvalue weighted by molar-refractivity contribution is -0.119. The van der Waals surface area contributed by atoms with E-state index in [2.05, 4.69) is 20.2 Å². The molecule has 2 N–H and O–H groups in total. The van der Waals surface area contributed by atoms with E-state index in [-0.39, 0.29) is 10.6 Å². The molecule has 0 unspecified atom stereocenters. The molecule has 1 aromatic carbocycles. The van der Waals surface area contributed by atoms with Crippen LogP contribution in [-0.2, 0) is 14.8 Å². The number of pyridine rings is 1. The van der Waals surface area contributed by atoms with Crippen molar-refractivity contribution in [3.8, 4) is 11.5 Å². The number of carbonyl (C=O) groups excluding carboxylic acids is 1. The lowest BCUT2D eigenvalue weighted by atomic mass is 10.3. The highest BCUT2D eigenvalue weighted by Crippen LogP contribution is 2.29. The number of benzene rings is 1. The van der Waals surface area contributed by atoms with E-state index in [0.29, 0.717) is 11.3 Å². The number of hydrogen-bond acceptors (Lipinski definition) is 7. The number of hydrogen-bond donors (Lipinski definition) is 2. The molecule has 0 spiro atoms. The molecule has 0 bridgehead atoms. The fraction of sp³-hybridized carbons (Fsp3) is 0.188. The van der Waals surface area contributed by atoms with E-state index >= 15 is 0 Å². The minimum absolute atomic E-state index is 0.0539. The second kappa shape index (κ2) is 8.92. The van der Waals surface area contributed by atoms with Gasteiger partial charge in [-0.2, -0.15) is 5.10 Å². The number of sulfonamides is 1. The number of nitrogens with one attached hydrogen (secondary N) is 2. The number of hydrazone groups is 1. The molecule has 2 aromatic rings. The first-order valence-electron chi connectivity index (χ1n) is 7.40. The number of aromatic nitrogens is 1. The van der Waals surface area contributed by atoms with Gasteiger partial charge >= 0.3 is 0 Å². The third-order valence-corrected chi connectivity index (χ3v) is 4.57. The normalized spacial score (nSPS) is 11.3. The van der Waals surface area contributed by atoms with Gasteiger partial charge in [0.15, 0.2) is 11.5 Å². The van der Waals surface area contributed by atoms with Crippen LogP contribution in [0.15, 0.2) is 52.7 Å². The van der Waals surface area contributed by atoms with Crippen LogP contribution in [0.4, 0.5) is 0 Å². The Morgan fingerprint density at radius 1 is 1.23 bits per heavy atom. The second-order valence-electron chi connectivity index (χ2n) is 4.92. The summed E-state index contributed by atoms with van der Waals surface area (Å²) in [6, 6.07) is 7.59. The average molecular weight is 378 g/mol. The van der Waals surface area contributed by atoms with Crippen LogP contribution in [0.5, 0.6) is 11.5 Å². The molecule has 0 radical (unpaired) electrons. The highest BCUT2D eigenvalue weighted by atomic mass is 32.2. The van der Waals surface area contributed by atoms with E-state index in [1.807, 2.05) is 0 Å². The first kappa shape index (κ1) is 19.3. The van der Waals surface area contributed by atoms with Crippen molar-refractivity contribution in [2.24, 2.45) is 5.10 Å². The fourth-order valence-electron chi connectivity index (χ4n) is 1.90. The molecule has 0 atom stereocenters. The van der Waals surface area contributed by atoms with Crippen LogP contribution >= 0.6 is 0 Å². The van der Waals surface area contributed by atoms with Crippen molar-refractivity contribution < 1.29 is 22.7 Å². The number of rotatable bonds is 8. The Hall–Kier alpha value is -2.98. The van der Waals surface area contributed by atoms with Crippen molar-refractivity contribution in [2.45, 2.75) is 4.90 Å². The lowest BCUT2D eigenvalue weighted by Crippen LogP contribution is -2.34. The molecule has 1 heterocycles. The van der Waals surface area contributed by atoms with Gasteiger partial charge < -0.3 is 9.47 Å². The van der Waals surface area contributed by atoms with Crippen LogP contribution in [0.2, 0.25) is 0 Å². The van der Waals surface area contributed by atoms with Gasteiger partial charge in [-0.25, -0.2) is 18.6 Å². The molecule has 0 fully saturated rings. The van der Waals surface area contributed by atoms with Crippen molar-refractivity contribution in [3.63, 3.8) is 0 Å². The average Bonchev–Trinajstić information content (AvgIpc) is 2.66. The maximum atomic E-state index is 12.3. The van der Waals surface area contributed by atoms with Crippen molar-refractivity contribution in [1.82, 2.24) is 15.1 Å². The Balaban J connectivity index is 1.95. The summed E-state index contributed by atoms with van der Waals surface area (Å²) >= 11 is 0. The van der Waals surface area contributed by atoms with Gasteiger partial charge in [0, 0.05) is 24.0 Å². The zero-order chi connectivity index (χ0) is 19.0. The van der Waals surface area contributed by atoms with Gasteiger partial charge in [0.2, 0.25) is 10.0 Å². The molecule has 2 rings (SSSR count). The number of methoxy groups -OCH3 is 2. The smallest absolute Gasteiger partial charge is 0.255 e. The molecule has 9 nitrogen and oxygen atoms in total. The van der Waals surface area contributed by atoms with Crippen molar-refractivity contribution in [2.75, 3.05) is 20.8 Å². The van der Waals surface area contributed by atoms with E-state index < -0.39 is 22.5 Å². The predicted octanol–water partition coefficient (Wildman–Crippen LogP) is 0.527. The first-order chi connectivity index (χ1) is 12.5. The summed E-state index contributed by atoms with van der Waals surface area (Å²) in [6.45, 7) is -0.471. The van der Waals surface area contributed by atoms with E-state index in [1.54, 1.807) is 24.5 Å². The van der Waals surface area contributed by atoms with E-state index in [9.17, 15) is 13.2 Å². The van der Waals surface area contributed by atoms with Crippen LogP contribution in [0, 0.1) is 0 Å². The molecule has 0 saturated heterocycles. The van der Waals surface area contributed by atoms with Crippen LogP contribution < -0.4 is 19.6 Å². The minimum Gasteiger partial charge on any atom is -0.493 e. The zero-order valence-electron chi connectivity index (χ0n) is 14.2. The van der Waals surface area contributed by atoms with Crippen molar-refractivity contribution in [3.05, 3.63) is 48.3 Å². The Morgan fingerprint density at radius 2 is 2.00 bits per heavy atom. The van der Waals surface area contributed by atoms with Crippen LogP contribution in [0.3, 0.4) is 0 Å². The van der Waals surface area contributed by atoms with Gasteiger partial charge in [-0.05, 0) is 18.2 Å². The second-order valence-corrected chi connectivity index (χ2v) is 6.69. The van der Waals surface area contributed by atoms with E-state index in [4.69, 9.17) is 9.47 Å². The number of ether oxygens (including phenoxy) is 2. The maximum absolute atomic E-state index is 12.3. The Bertz CT molecular complexity index is 885. The van der Waals surface area contributed by atoms with E-state index in [1.165, 1.54) is 38.6 Å². The molecular formula is C16H18N4O5S. The summed E-state index contributed by atoms with van der Waals surface area (Å²) in [4.78, 5) is 15.6. The molecule has 26 heavy (non-hydrogen) atoms. The largest absolute Gasteiger partial charge is 0.493 e. The zero-order valence-corrected chi connectivity index (χ0v) is 15.0. The first-order valence-corrected chi connectivity index (χ1v) is 8.88. The molecule has 0 aliphatic rings. The summed E-state index contributed by atoms with van der Waals surface area (Å²) < 4.78 is 36.9. The number of nitrogens with zero attached hydrogens (tertiary/aromatic N) is 2. The van der Waals surface area contributed by atoms with Gasteiger partial charge in [0.1, 0.15) is 0 Å².